The first-order valence-corrected chi connectivity index (χ1v) is 7.13. The summed E-state index contributed by atoms with van der Waals surface area (Å²) in [7, 11) is 0. The maximum atomic E-state index is 12.6. The molecule has 1 fully saturated rings. The molecular weight excluding hydrogens is 258 g/mol. The number of nitrogens with zero attached hydrogens (tertiary/aromatic N) is 1. The summed E-state index contributed by atoms with van der Waals surface area (Å²) in [5.74, 6) is 1.56. The molecule has 2 heterocycles. The van der Waals surface area contributed by atoms with Gasteiger partial charge in [0.2, 0.25) is 0 Å². The minimum absolute atomic E-state index is 0.0475. The molecule has 0 aromatic carbocycles. The van der Waals surface area contributed by atoms with E-state index < -0.39 is 0 Å². The molecule has 20 heavy (non-hydrogen) atoms. The molecule has 0 aliphatic carbocycles. The molecule has 0 unspecified atom stereocenters. The summed E-state index contributed by atoms with van der Waals surface area (Å²) in [5.41, 5.74) is 1.64. The van der Waals surface area contributed by atoms with Crippen LogP contribution >= 0.6 is 0 Å². The molecule has 112 valence electrons. The van der Waals surface area contributed by atoms with Gasteiger partial charge in [-0.15, -0.1) is 0 Å². The van der Waals surface area contributed by atoms with Crippen LogP contribution in [-0.4, -0.2) is 48.3 Å². The standard InChI is InChI=1S/C15H23NO4/c1-10-11(2)20-12(3)14(10)15(18)16-6-4-13(5-7-16)19-9-8-17/h13,17H,4-9H2,1-3H3. The van der Waals surface area contributed by atoms with Crippen LogP contribution in [0, 0.1) is 20.8 Å². The molecule has 1 N–H and O–H groups in total. The van der Waals surface area contributed by atoms with E-state index in [1.165, 1.54) is 0 Å². The van der Waals surface area contributed by atoms with Gasteiger partial charge in [-0.2, -0.15) is 0 Å². The highest BCUT2D eigenvalue weighted by Gasteiger charge is 2.27. The SMILES string of the molecule is Cc1oc(C)c(C(=O)N2CCC(OCCO)CC2)c1C. The van der Waals surface area contributed by atoms with Crippen molar-refractivity contribution in [2.24, 2.45) is 0 Å². The number of aliphatic hydroxyl groups is 1. The van der Waals surface area contributed by atoms with Gasteiger partial charge in [-0.05, 0) is 33.6 Å². The highest BCUT2D eigenvalue weighted by Crippen LogP contribution is 2.24. The number of rotatable bonds is 4. The monoisotopic (exact) mass is 281 g/mol. The van der Waals surface area contributed by atoms with Crippen LogP contribution in [0.3, 0.4) is 0 Å². The molecule has 0 radical (unpaired) electrons. The molecule has 0 atom stereocenters. The smallest absolute Gasteiger partial charge is 0.257 e. The minimum atomic E-state index is 0.0475. The lowest BCUT2D eigenvalue weighted by molar-refractivity contribution is -0.00557. The van der Waals surface area contributed by atoms with E-state index in [0.29, 0.717) is 31.0 Å². The van der Waals surface area contributed by atoms with Gasteiger partial charge in [-0.25, -0.2) is 0 Å². The lowest BCUT2D eigenvalue weighted by Crippen LogP contribution is -2.41. The van der Waals surface area contributed by atoms with Gasteiger partial charge in [0.25, 0.3) is 5.91 Å². The molecule has 2 rings (SSSR count). The lowest BCUT2D eigenvalue weighted by atomic mass is 10.0. The van der Waals surface area contributed by atoms with Crippen LogP contribution in [0.25, 0.3) is 0 Å². The van der Waals surface area contributed by atoms with Gasteiger partial charge in [0.1, 0.15) is 11.5 Å². The molecule has 1 aliphatic heterocycles. The quantitative estimate of drug-likeness (QED) is 0.914. The van der Waals surface area contributed by atoms with Gasteiger partial charge in [-0.1, -0.05) is 0 Å². The van der Waals surface area contributed by atoms with E-state index in [9.17, 15) is 4.79 Å². The van der Waals surface area contributed by atoms with Crippen LogP contribution in [0.15, 0.2) is 4.42 Å². The average Bonchev–Trinajstić information content (AvgIpc) is 2.70. The van der Waals surface area contributed by atoms with Crippen LogP contribution < -0.4 is 0 Å². The molecule has 1 aromatic rings. The summed E-state index contributed by atoms with van der Waals surface area (Å²) in [4.78, 5) is 14.4. The van der Waals surface area contributed by atoms with Crippen molar-refractivity contribution < 1.29 is 19.1 Å². The third-order valence-electron chi connectivity index (χ3n) is 3.95. The first-order valence-electron chi connectivity index (χ1n) is 7.13. The van der Waals surface area contributed by atoms with Crippen molar-refractivity contribution in [2.45, 2.75) is 39.7 Å². The number of carbonyl (C=O) groups excluding carboxylic acids is 1. The summed E-state index contributed by atoms with van der Waals surface area (Å²) in [5, 5.41) is 8.75. The molecule has 1 aliphatic rings. The van der Waals surface area contributed by atoms with Gasteiger partial charge < -0.3 is 19.2 Å². The Morgan fingerprint density at radius 3 is 2.45 bits per heavy atom. The molecule has 1 saturated heterocycles. The molecule has 5 nitrogen and oxygen atoms in total. The van der Waals surface area contributed by atoms with Gasteiger partial charge in [0.05, 0.1) is 24.9 Å². The molecular formula is C15H23NO4. The Morgan fingerprint density at radius 1 is 1.30 bits per heavy atom. The highest BCUT2D eigenvalue weighted by atomic mass is 16.5. The number of aryl methyl sites for hydroxylation is 2. The number of hydrogen-bond donors (Lipinski definition) is 1. The maximum absolute atomic E-state index is 12.6. The van der Waals surface area contributed by atoms with E-state index in [0.717, 1.165) is 24.2 Å². The minimum Gasteiger partial charge on any atom is -0.466 e. The average molecular weight is 281 g/mol. The Kier molecular flexibility index (Phi) is 4.83. The van der Waals surface area contributed by atoms with Crippen molar-refractivity contribution in [2.75, 3.05) is 26.3 Å². The van der Waals surface area contributed by atoms with E-state index in [4.69, 9.17) is 14.3 Å². The van der Waals surface area contributed by atoms with Crippen molar-refractivity contribution >= 4 is 5.91 Å². The maximum Gasteiger partial charge on any atom is 0.257 e. The van der Waals surface area contributed by atoms with Crippen LogP contribution in [0.4, 0.5) is 0 Å². The number of piperidine rings is 1. The van der Waals surface area contributed by atoms with Crippen molar-refractivity contribution in [1.82, 2.24) is 4.90 Å². The van der Waals surface area contributed by atoms with Crippen molar-refractivity contribution in [1.29, 1.82) is 0 Å². The largest absolute Gasteiger partial charge is 0.466 e. The number of aliphatic hydroxyl groups excluding tert-OH is 1. The lowest BCUT2D eigenvalue weighted by Gasteiger charge is -2.32. The summed E-state index contributed by atoms with van der Waals surface area (Å²) in [6.45, 7) is 7.45. The molecule has 0 bridgehead atoms. The number of carbonyl (C=O) groups is 1. The highest BCUT2D eigenvalue weighted by molar-refractivity contribution is 5.96. The predicted molar refractivity (Wildman–Crippen MR) is 74.9 cm³/mol. The second-order valence-electron chi connectivity index (χ2n) is 5.30. The molecule has 0 saturated carbocycles. The number of amides is 1. The van der Waals surface area contributed by atoms with Crippen LogP contribution in [0.2, 0.25) is 0 Å². The Labute approximate surface area is 119 Å². The zero-order valence-electron chi connectivity index (χ0n) is 12.4. The van der Waals surface area contributed by atoms with Crippen LogP contribution in [0.1, 0.15) is 40.3 Å². The molecule has 5 heteroatoms. The zero-order chi connectivity index (χ0) is 14.7. The summed E-state index contributed by atoms with van der Waals surface area (Å²) >= 11 is 0. The Hall–Kier alpha value is -1.33. The third-order valence-corrected chi connectivity index (χ3v) is 3.95. The first-order chi connectivity index (χ1) is 9.54. The van der Waals surface area contributed by atoms with E-state index in [1.807, 2.05) is 25.7 Å². The Balaban J connectivity index is 1.98. The van der Waals surface area contributed by atoms with Gasteiger partial charge >= 0.3 is 0 Å². The van der Waals surface area contributed by atoms with E-state index in [2.05, 4.69) is 0 Å². The van der Waals surface area contributed by atoms with Crippen molar-refractivity contribution in [3.63, 3.8) is 0 Å². The van der Waals surface area contributed by atoms with E-state index >= 15 is 0 Å². The second kappa shape index (κ2) is 6.41. The zero-order valence-corrected chi connectivity index (χ0v) is 12.4. The number of likely N-dealkylation sites (tertiary alicyclic amines) is 1. The van der Waals surface area contributed by atoms with Crippen LogP contribution in [-0.2, 0) is 4.74 Å². The topological polar surface area (TPSA) is 62.9 Å². The second-order valence-corrected chi connectivity index (χ2v) is 5.30. The number of furan rings is 1. The molecule has 1 amide bonds. The summed E-state index contributed by atoms with van der Waals surface area (Å²) < 4.78 is 11.0. The number of hydrogen-bond acceptors (Lipinski definition) is 4. The van der Waals surface area contributed by atoms with E-state index in [1.54, 1.807) is 0 Å². The van der Waals surface area contributed by atoms with E-state index in [-0.39, 0.29) is 18.6 Å². The summed E-state index contributed by atoms with van der Waals surface area (Å²) in [6.07, 6.45) is 1.79. The number of ether oxygens (including phenoxy) is 1. The fraction of sp³-hybridized carbons (Fsp3) is 0.667. The fourth-order valence-corrected chi connectivity index (χ4v) is 2.71. The molecule has 1 aromatic heterocycles. The van der Waals surface area contributed by atoms with Gasteiger partial charge in [-0.3, -0.25) is 4.79 Å². The predicted octanol–water partition coefficient (Wildman–Crippen LogP) is 1.82. The fourth-order valence-electron chi connectivity index (χ4n) is 2.71. The third kappa shape index (κ3) is 3.04. The first kappa shape index (κ1) is 15.1. The van der Waals surface area contributed by atoms with Gasteiger partial charge in [0.15, 0.2) is 0 Å². The Bertz CT molecular complexity index is 472. The van der Waals surface area contributed by atoms with Crippen molar-refractivity contribution in [3.8, 4) is 0 Å². The van der Waals surface area contributed by atoms with Gasteiger partial charge in [0, 0.05) is 18.7 Å². The Morgan fingerprint density at radius 2 is 1.95 bits per heavy atom. The normalized spacial score (nSPS) is 16.7. The van der Waals surface area contributed by atoms with Crippen molar-refractivity contribution in [3.05, 3.63) is 22.6 Å². The molecule has 0 spiro atoms. The van der Waals surface area contributed by atoms with Crippen LogP contribution in [0.5, 0.6) is 0 Å². The summed E-state index contributed by atoms with van der Waals surface area (Å²) in [6, 6.07) is 0.